The molecule has 0 saturated carbocycles. The Morgan fingerprint density at radius 1 is 1.23 bits per heavy atom. The van der Waals surface area contributed by atoms with Crippen LogP contribution < -0.4 is 10.6 Å². The first kappa shape index (κ1) is 18.4. The van der Waals surface area contributed by atoms with Crippen molar-refractivity contribution in [1.82, 2.24) is 10.6 Å². The third-order valence-corrected chi connectivity index (χ3v) is 2.97. The van der Waals surface area contributed by atoms with Crippen molar-refractivity contribution in [3.63, 3.8) is 0 Å². The van der Waals surface area contributed by atoms with Crippen LogP contribution in [0.4, 0.5) is 4.39 Å². The Morgan fingerprint density at radius 3 is 2.73 bits per heavy atom. The molecule has 0 radical (unpaired) electrons. The molecular formula is C16H26FN3O2. The molecule has 0 unspecified atom stereocenters. The van der Waals surface area contributed by atoms with Gasteiger partial charge >= 0.3 is 0 Å². The van der Waals surface area contributed by atoms with Crippen LogP contribution in [-0.4, -0.2) is 46.0 Å². The van der Waals surface area contributed by atoms with Crippen LogP contribution in [0.15, 0.2) is 23.2 Å². The first-order valence-electron chi connectivity index (χ1n) is 7.51. The van der Waals surface area contributed by atoms with E-state index in [4.69, 9.17) is 9.47 Å². The lowest BCUT2D eigenvalue weighted by Gasteiger charge is -2.11. The Hall–Kier alpha value is -1.66. The molecule has 1 rings (SSSR count). The van der Waals surface area contributed by atoms with E-state index in [9.17, 15) is 4.39 Å². The number of guanidine groups is 1. The maximum Gasteiger partial charge on any atom is 0.191 e. The molecule has 0 fully saturated rings. The standard InChI is InChI=1S/C16H26FN3O2/c1-4-18-16(19-7-8-22-10-9-21-3)20-12-14-6-5-13(2)15(17)11-14/h5-6,11H,4,7-10,12H2,1-3H3,(H2,18,19,20). The number of aliphatic imine (C=N–C) groups is 1. The summed E-state index contributed by atoms with van der Waals surface area (Å²) in [5, 5.41) is 6.32. The average molecular weight is 311 g/mol. The van der Waals surface area contributed by atoms with Crippen LogP contribution in [0.2, 0.25) is 0 Å². The zero-order valence-electron chi connectivity index (χ0n) is 13.6. The van der Waals surface area contributed by atoms with Gasteiger partial charge in [-0.2, -0.15) is 0 Å². The number of ether oxygens (including phenoxy) is 2. The highest BCUT2D eigenvalue weighted by atomic mass is 19.1. The number of nitrogens with one attached hydrogen (secondary N) is 2. The fraction of sp³-hybridized carbons (Fsp3) is 0.562. The van der Waals surface area contributed by atoms with Gasteiger partial charge in [-0.05, 0) is 31.0 Å². The lowest BCUT2D eigenvalue weighted by molar-refractivity contribution is 0.0733. The Balaban J connectivity index is 2.42. The number of methoxy groups -OCH3 is 1. The molecule has 1 aromatic carbocycles. The summed E-state index contributed by atoms with van der Waals surface area (Å²) in [5.41, 5.74) is 1.49. The third kappa shape index (κ3) is 7.38. The van der Waals surface area contributed by atoms with Crippen molar-refractivity contribution in [3.05, 3.63) is 35.1 Å². The zero-order valence-corrected chi connectivity index (χ0v) is 13.6. The highest BCUT2D eigenvalue weighted by Crippen LogP contribution is 2.09. The molecule has 6 heteroatoms. The molecule has 1 aromatic rings. The number of hydrogen-bond donors (Lipinski definition) is 2. The Labute approximate surface area is 131 Å². The van der Waals surface area contributed by atoms with Crippen molar-refractivity contribution in [3.8, 4) is 0 Å². The van der Waals surface area contributed by atoms with Gasteiger partial charge < -0.3 is 20.1 Å². The van der Waals surface area contributed by atoms with Crippen LogP contribution in [0, 0.1) is 12.7 Å². The van der Waals surface area contributed by atoms with E-state index in [0.29, 0.717) is 44.4 Å². The lowest BCUT2D eigenvalue weighted by Crippen LogP contribution is -2.39. The van der Waals surface area contributed by atoms with E-state index >= 15 is 0 Å². The molecule has 0 bridgehead atoms. The van der Waals surface area contributed by atoms with Crippen molar-refractivity contribution >= 4 is 5.96 Å². The Bertz CT molecular complexity index is 467. The van der Waals surface area contributed by atoms with Gasteiger partial charge in [-0.3, -0.25) is 0 Å². The second-order valence-corrected chi connectivity index (χ2v) is 4.81. The molecule has 0 aliphatic heterocycles. The maximum atomic E-state index is 13.5. The monoisotopic (exact) mass is 311 g/mol. The van der Waals surface area contributed by atoms with Gasteiger partial charge in [0.1, 0.15) is 5.82 Å². The smallest absolute Gasteiger partial charge is 0.191 e. The molecule has 5 nitrogen and oxygen atoms in total. The number of hydrogen-bond acceptors (Lipinski definition) is 3. The fourth-order valence-electron chi connectivity index (χ4n) is 1.73. The molecule has 22 heavy (non-hydrogen) atoms. The predicted octanol–water partition coefficient (Wildman–Crippen LogP) is 1.85. The second kappa shape index (κ2) is 11.0. The fourth-order valence-corrected chi connectivity index (χ4v) is 1.73. The summed E-state index contributed by atoms with van der Waals surface area (Å²) >= 11 is 0. The largest absolute Gasteiger partial charge is 0.382 e. The van der Waals surface area contributed by atoms with Gasteiger partial charge in [0.2, 0.25) is 0 Å². The summed E-state index contributed by atoms with van der Waals surface area (Å²) in [6.07, 6.45) is 0. The van der Waals surface area contributed by atoms with Crippen molar-refractivity contribution in [2.75, 3.05) is 40.0 Å². The molecule has 0 atom stereocenters. The Morgan fingerprint density at radius 2 is 2.05 bits per heavy atom. The molecule has 0 heterocycles. The van der Waals surface area contributed by atoms with E-state index < -0.39 is 0 Å². The van der Waals surface area contributed by atoms with Crippen LogP contribution >= 0.6 is 0 Å². The van der Waals surface area contributed by atoms with Gasteiger partial charge in [-0.15, -0.1) is 0 Å². The van der Waals surface area contributed by atoms with Gasteiger partial charge in [-0.1, -0.05) is 12.1 Å². The van der Waals surface area contributed by atoms with Crippen molar-refractivity contribution in [1.29, 1.82) is 0 Å². The normalized spacial score (nSPS) is 11.5. The molecule has 0 aliphatic rings. The van der Waals surface area contributed by atoms with E-state index in [1.807, 2.05) is 13.0 Å². The second-order valence-electron chi connectivity index (χ2n) is 4.81. The van der Waals surface area contributed by atoms with Gasteiger partial charge in [0, 0.05) is 20.2 Å². The van der Waals surface area contributed by atoms with Crippen molar-refractivity contribution < 1.29 is 13.9 Å². The highest BCUT2D eigenvalue weighted by Gasteiger charge is 2.00. The van der Waals surface area contributed by atoms with Crippen LogP contribution in [0.1, 0.15) is 18.1 Å². The molecular weight excluding hydrogens is 285 g/mol. The van der Waals surface area contributed by atoms with E-state index in [-0.39, 0.29) is 5.82 Å². The van der Waals surface area contributed by atoms with Crippen LogP contribution in [0.3, 0.4) is 0 Å². The molecule has 124 valence electrons. The van der Waals surface area contributed by atoms with Crippen molar-refractivity contribution in [2.45, 2.75) is 20.4 Å². The topological polar surface area (TPSA) is 54.9 Å². The van der Waals surface area contributed by atoms with Crippen LogP contribution in [0.5, 0.6) is 0 Å². The Kier molecular flexibility index (Phi) is 9.18. The van der Waals surface area contributed by atoms with E-state index in [1.165, 1.54) is 6.07 Å². The molecule has 0 saturated heterocycles. The molecule has 0 aliphatic carbocycles. The number of rotatable bonds is 9. The minimum atomic E-state index is -0.197. The quantitative estimate of drug-likeness (QED) is 0.415. The minimum absolute atomic E-state index is 0.197. The van der Waals surface area contributed by atoms with Gasteiger partial charge in [0.15, 0.2) is 5.96 Å². The molecule has 0 amide bonds. The lowest BCUT2D eigenvalue weighted by atomic mass is 10.1. The molecule has 0 spiro atoms. The summed E-state index contributed by atoms with van der Waals surface area (Å²) in [6.45, 7) is 7.33. The van der Waals surface area contributed by atoms with Crippen LogP contribution in [-0.2, 0) is 16.0 Å². The van der Waals surface area contributed by atoms with Crippen molar-refractivity contribution in [2.24, 2.45) is 4.99 Å². The minimum Gasteiger partial charge on any atom is -0.382 e. The number of nitrogens with zero attached hydrogens (tertiary/aromatic N) is 1. The van der Waals surface area contributed by atoms with Gasteiger partial charge in [0.25, 0.3) is 0 Å². The van der Waals surface area contributed by atoms with Gasteiger partial charge in [0.05, 0.1) is 26.4 Å². The summed E-state index contributed by atoms with van der Waals surface area (Å²) in [6, 6.07) is 5.18. The summed E-state index contributed by atoms with van der Waals surface area (Å²) in [5.74, 6) is 0.496. The maximum absolute atomic E-state index is 13.5. The van der Waals surface area contributed by atoms with E-state index in [1.54, 1.807) is 20.1 Å². The zero-order chi connectivity index (χ0) is 16.2. The SMILES string of the molecule is CCNC(=NCc1ccc(C)c(F)c1)NCCOCCOC. The van der Waals surface area contributed by atoms with Crippen LogP contribution in [0.25, 0.3) is 0 Å². The number of halogens is 1. The summed E-state index contributed by atoms with van der Waals surface area (Å²) in [4.78, 5) is 4.44. The molecule has 2 N–H and O–H groups in total. The predicted molar refractivity (Wildman–Crippen MR) is 86.7 cm³/mol. The highest BCUT2D eigenvalue weighted by molar-refractivity contribution is 5.79. The van der Waals surface area contributed by atoms with E-state index in [0.717, 1.165) is 12.1 Å². The first-order valence-corrected chi connectivity index (χ1v) is 7.51. The summed E-state index contributed by atoms with van der Waals surface area (Å²) < 4.78 is 23.8. The van der Waals surface area contributed by atoms with Gasteiger partial charge in [-0.25, -0.2) is 9.38 Å². The third-order valence-electron chi connectivity index (χ3n) is 2.97. The summed E-state index contributed by atoms with van der Waals surface area (Å²) in [7, 11) is 1.64. The first-order chi connectivity index (χ1) is 10.7. The molecule has 0 aromatic heterocycles. The number of aryl methyl sites for hydroxylation is 1. The van der Waals surface area contributed by atoms with E-state index in [2.05, 4.69) is 15.6 Å². The average Bonchev–Trinajstić information content (AvgIpc) is 2.51. The number of benzene rings is 1.